The van der Waals surface area contributed by atoms with Gasteiger partial charge in [0.15, 0.2) is 0 Å². The second-order valence-corrected chi connectivity index (χ2v) is 4.71. The van der Waals surface area contributed by atoms with E-state index >= 15 is 0 Å². The van der Waals surface area contributed by atoms with Crippen LogP contribution >= 0.6 is 11.6 Å². The third-order valence-electron chi connectivity index (χ3n) is 3.23. The zero-order chi connectivity index (χ0) is 14.5. The van der Waals surface area contributed by atoms with Crippen molar-refractivity contribution in [2.24, 2.45) is 0 Å². The molecule has 0 amide bonds. The molecule has 20 heavy (non-hydrogen) atoms. The first-order chi connectivity index (χ1) is 9.73. The minimum absolute atomic E-state index is 0.0504. The first-order valence-corrected chi connectivity index (χ1v) is 6.87. The zero-order valence-corrected chi connectivity index (χ0v) is 12.7. The molecule has 110 valence electrons. The molecule has 2 aromatic rings. The van der Waals surface area contributed by atoms with Gasteiger partial charge in [-0.1, -0.05) is 0 Å². The van der Waals surface area contributed by atoms with Crippen LogP contribution in [0.5, 0.6) is 5.75 Å². The predicted octanol–water partition coefficient (Wildman–Crippen LogP) is 2.45. The molecular weight excluding hydrogens is 280 g/mol. The fourth-order valence-electron chi connectivity index (χ4n) is 2.17. The summed E-state index contributed by atoms with van der Waals surface area (Å²) in [6.45, 7) is 1.15. The summed E-state index contributed by atoms with van der Waals surface area (Å²) in [5, 5.41) is 0. The molecule has 0 fully saturated rings. The smallest absolute Gasteiger partial charge is 0.124 e. The van der Waals surface area contributed by atoms with E-state index < -0.39 is 0 Å². The second kappa shape index (κ2) is 6.92. The van der Waals surface area contributed by atoms with Crippen molar-refractivity contribution in [3.8, 4) is 5.75 Å². The molecule has 0 spiro atoms. The summed E-state index contributed by atoms with van der Waals surface area (Å²) in [5.41, 5.74) is 1.88. The number of fused-ring (bicyclic) bond motifs is 1. The standard InChI is InChI=1S/C14H19ClN2O3/c1-18-9-11(20-3)8-17-13-6-10(19-2)4-5-12(13)16-14(17)7-15/h4-6,11H,7-9H2,1-3H3. The van der Waals surface area contributed by atoms with E-state index in [2.05, 4.69) is 9.55 Å². The number of nitrogens with zero attached hydrogens (tertiary/aromatic N) is 2. The van der Waals surface area contributed by atoms with Crippen LogP contribution in [0.3, 0.4) is 0 Å². The fourth-order valence-corrected chi connectivity index (χ4v) is 2.37. The van der Waals surface area contributed by atoms with Crippen LogP contribution in [0.1, 0.15) is 5.82 Å². The molecule has 1 aromatic heterocycles. The lowest BCUT2D eigenvalue weighted by Gasteiger charge is -2.17. The number of rotatable bonds is 7. The van der Waals surface area contributed by atoms with E-state index in [-0.39, 0.29) is 6.10 Å². The van der Waals surface area contributed by atoms with E-state index in [0.717, 1.165) is 22.6 Å². The van der Waals surface area contributed by atoms with Gasteiger partial charge in [-0.3, -0.25) is 0 Å². The molecule has 0 aliphatic carbocycles. The highest BCUT2D eigenvalue weighted by Gasteiger charge is 2.15. The monoisotopic (exact) mass is 298 g/mol. The van der Waals surface area contributed by atoms with Gasteiger partial charge in [0, 0.05) is 20.3 Å². The lowest BCUT2D eigenvalue weighted by atomic mass is 10.3. The summed E-state index contributed by atoms with van der Waals surface area (Å²) in [6.07, 6.45) is -0.0504. The maximum Gasteiger partial charge on any atom is 0.124 e. The average Bonchev–Trinajstić information content (AvgIpc) is 2.83. The lowest BCUT2D eigenvalue weighted by molar-refractivity contribution is 0.0186. The number of ether oxygens (including phenoxy) is 3. The molecule has 6 heteroatoms. The van der Waals surface area contributed by atoms with E-state index in [4.69, 9.17) is 25.8 Å². The zero-order valence-electron chi connectivity index (χ0n) is 11.9. The van der Waals surface area contributed by atoms with Gasteiger partial charge in [0.05, 0.1) is 43.3 Å². The Kier molecular flexibility index (Phi) is 5.23. The molecule has 0 bridgehead atoms. The summed E-state index contributed by atoms with van der Waals surface area (Å²) in [4.78, 5) is 4.53. The Balaban J connectivity index is 2.42. The third kappa shape index (κ3) is 3.06. The van der Waals surface area contributed by atoms with Crippen molar-refractivity contribution in [1.82, 2.24) is 9.55 Å². The quantitative estimate of drug-likeness (QED) is 0.737. The van der Waals surface area contributed by atoms with Crippen molar-refractivity contribution in [3.05, 3.63) is 24.0 Å². The molecule has 0 saturated carbocycles. The van der Waals surface area contributed by atoms with Crippen LogP contribution in [0.15, 0.2) is 18.2 Å². The summed E-state index contributed by atoms with van der Waals surface area (Å²) < 4.78 is 17.9. The van der Waals surface area contributed by atoms with Gasteiger partial charge in [-0.15, -0.1) is 11.6 Å². The molecule has 0 saturated heterocycles. The van der Waals surface area contributed by atoms with Gasteiger partial charge in [0.2, 0.25) is 0 Å². The van der Waals surface area contributed by atoms with Crippen LogP contribution in [-0.4, -0.2) is 43.6 Å². The van der Waals surface area contributed by atoms with Crippen molar-refractivity contribution in [2.45, 2.75) is 18.5 Å². The van der Waals surface area contributed by atoms with E-state index in [9.17, 15) is 0 Å². The predicted molar refractivity (Wildman–Crippen MR) is 78.5 cm³/mol. The number of hydrogen-bond acceptors (Lipinski definition) is 4. The molecule has 1 atom stereocenters. The first-order valence-electron chi connectivity index (χ1n) is 6.34. The topological polar surface area (TPSA) is 45.5 Å². The Labute approximate surface area is 123 Å². The summed E-state index contributed by atoms with van der Waals surface area (Å²) in [6, 6.07) is 5.78. The molecule has 1 heterocycles. The van der Waals surface area contributed by atoms with Crippen LogP contribution in [-0.2, 0) is 21.9 Å². The van der Waals surface area contributed by atoms with Crippen molar-refractivity contribution >= 4 is 22.6 Å². The van der Waals surface area contributed by atoms with Crippen molar-refractivity contribution in [2.75, 3.05) is 27.9 Å². The highest BCUT2D eigenvalue weighted by Crippen LogP contribution is 2.23. The SMILES string of the molecule is COCC(Cn1c(CCl)nc2ccc(OC)cc21)OC. The number of methoxy groups -OCH3 is 3. The lowest BCUT2D eigenvalue weighted by Crippen LogP contribution is -2.24. The number of benzene rings is 1. The van der Waals surface area contributed by atoms with Crippen LogP contribution in [0, 0.1) is 0 Å². The van der Waals surface area contributed by atoms with Crippen LogP contribution < -0.4 is 4.74 Å². The molecular formula is C14H19ClN2O3. The summed E-state index contributed by atoms with van der Waals surface area (Å²) in [7, 11) is 4.97. The number of aromatic nitrogens is 2. The molecule has 0 aliphatic rings. The third-order valence-corrected chi connectivity index (χ3v) is 3.47. The van der Waals surface area contributed by atoms with Crippen molar-refractivity contribution in [3.63, 3.8) is 0 Å². The van der Waals surface area contributed by atoms with Crippen LogP contribution in [0.25, 0.3) is 11.0 Å². The molecule has 1 unspecified atom stereocenters. The van der Waals surface area contributed by atoms with E-state index in [1.54, 1.807) is 21.3 Å². The van der Waals surface area contributed by atoms with Gasteiger partial charge < -0.3 is 18.8 Å². The number of imidazole rings is 1. The van der Waals surface area contributed by atoms with E-state index in [1.165, 1.54) is 0 Å². The largest absolute Gasteiger partial charge is 0.497 e. The minimum atomic E-state index is -0.0504. The Morgan fingerprint density at radius 3 is 2.70 bits per heavy atom. The van der Waals surface area contributed by atoms with Gasteiger partial charge >= 0.3 is 0 Å². The molecule has 1 aromatic carbocycles. The van der Waals surface area contributed by atoms with E-state index in [1.807, 2.05) is 18.2 Å². The summed E-state index contributed by atoms with van der Waals surface area (Å²) >= 11 is 5.99. The van der Waals surface area contributed by atoms with Crippen molar-refractivity contribution in [1.29, 1.82) is 0 Å². The highest BCUT2D eigenvalue weighted by atomic mass is 35.5. The van der Waals surface area contributed by atoms with E-state index in [0.29, 0.717) is 19.0 Å². The van der Waals surface area contributed by atoms with Gasteiger partial charge in [0.1, 0.15) is 11.6 Å². The molecule has 0 radical (unpaired) electrons. The number of hydrogen-bond donors (Lipinski definition) is 0. The Morgan fingerprint density at radius 1 is 1.30 bits per heavy atom. The van der Waals surface area contributed by atoms with Gasteiger partial charge in [-0.05, 0) is 12.1 Å². The van der Waals surface area contributed by atoms with Crippen LogP contribution in [0.4, 0.5) is 0 Å². The Bertz CT molecular complexity index is 571. The normalized spacial score (nSPS) is 12.8. The second-order valence-electron chi connectivity index (χ2n) is 4.44. The molecule has 0 N–H and O–H groups in total. The minimum Gasteiger partial charge on any atom is -0.497 e. The molecule has 2 rings (SSSR count). The van der Waals surface area contributed by atoms with Crippen molar-refractivity contribution < 1.29 is 14.2 Å². The molecule has 5 nitrogen and oxygen atoms in total. The highest BCUT2D eigenvalue weighted by molar-refractivity contribution is 6.16. The van der Waals surface area contributed by atoms with Gasteiger partial charge in [-0.2, -0.15) is 0 Å². The average molecular weight is 299 g/mol. The fraction of sp³-hybridized carbons (Fsp3) is 0.500. The van der Waals surface area contributed by atoms with Gasteiger partial charge in [-0.25, -0.2) is 4.98 Å². The number of halogens is 1. The number of alkyl halides is 1. The maximum absolute atomic E-state index is 5.99. The first kappa shape index (κ1) is 15.1. The Morgan fingerprint density at radius 2 is 2.10 bits per heavy atom. The molecule has 0 aliphatic heterocycles. The van der Waals surface area contributed by atoms with Crippen LogP contribution in [0.2, 0.25) is 0 Å². The Hall–Kier alpha value is -1.30. The van der Waals surface area contributed by atoms with Gasteiger partial charge in [0.25, 0.3) is 0 Å². The maximum atomic E-state index is 5.99. The summed E-state index contributed by atoms with van der Waals surface area (Å²) in [5.74, 6) is 1.95.